The van der Waals surface area contributed by atoms with Gasteiger partial charge in [0.05, 0.1) is 0 Å². The highest BCUT2D eigenvalue weighted by molar-refractivity contribution is 9.23. The van der Waals surface area contributed by atoms with Crippen molar-refractivity contribution in [3.63, 3.8) is 0 Å². The standard InChI is InChI=1S/C8H17Si.BrH.Mg/c1-2-6-9-7-4-3-5-8-9;;/h3,9H,2,4-8H2,1H3;1H;/q;;+1/p-1. The topological polar surface area (TPSA) is 0 Å². The Morgan fingerprint density at radius 3 is 2.55 bits per heavy atom. The number of hydrogen-bond donors (Lipinski definition) is 0. The van der Waals surface area contributed by atoms with E-state index in [0.29, 0.717) is 0 Å². The third kappa shape index (κ3) is 3.79. The van der Waals surface area contributed by atoms with Crippen LogP contribution in [0.4, 0.5) is 0 Å². The lowest BCUT2D eigenvalue weighted by Gasteiger charge is -2.26. The highest BCUT2D eigenvalue weighted by Crippen LogP contribution is 2.31. The van der Waals surface area contributed by atoms with Gasteiger partial charge in [-0.05, 0) is 0 Å². The first kappa shape index (κ1) is 10.5. The first-order chi connectivity index (χ1) is 5.36. The molecule has 0 atom stereocenters. The Bertz CT molecular complexity index is 102. The summed E-state index contributed by atoms with van der Waals surface area (Å²) in [7, 11) is -0.177. The van der Waals surface area contributed by atoms with Crippen LogP contribution in [0.1, 0.15) is 26.2 Å². The lowest BCUT2D eigenvalue weighted by molar-refractivity contribution is 0.713. The molecule has 0 aliphatic carbocycles. The molecule has 0 amide bonds. The van der Waals surface area contributed by atoms with Gasteiger partial charge in [0.1, 0.15) is 0 Å². The SMILES string of the molecule is CCC[SiH]1CC[CH]([Mg][Br])CC1. The van der Waals surface area contributed by atoms with Crippen molar-refractivity contribution >= 4 is 39.9 Å². The third-order valence-electron chi connectivity index (χ3n) is 2.88. The summed E-state index contributed by atoms with van der Waals surface area (Å²) < 4.78 is 1.16. The van der Waals surface area contributed by atoms with Crippen LogP contribution in [0.15, 0.2) is 0 Å². The molecule has 11 heavy (non-hydrogen) atoms. The molecule has 1 aliphatic heterocycles. The molecule has 0 N–H and O–H groups in total. The van der Waals surface area contributed by atoms with E-state index in [1.54, 1.807) is 31.0 Å². The summed E-state index contributed by atoms with van der Waals surface area (Å²) in [5.74, 6) is 0. The fourth-order valence-corrected chi connectivity index (χ4v) is 9.32. The van der Waals surface area contributed by atoms with Crippen molar-refractivity contribution in [1.29, 1.82) is 0 Å². The van der Waals surface area contributed by atoms with Gasteiger partial charge in [-0.1, -0.05) is 44.3 Å². The Morgan fingerprint density at radius 1 is 1.45 bits per heavy atom. The molecule has 3 heteroatoms. The molecule has 1 saturated heterocycles. The van der Waals surface area contributed by atoms with E-state index in [9.17, 15) is 0 Å². The summed E-state index contributed by atoms with van der Waals surface area (Å²) in [4.78, 5) is 0. The second-order valence-electron chi connectivity index (χ2n) is 3.83. The first-order valence-electron chi connectivity index (χ1n) is 4.92. The average molecular weight is 246 g/mol. The highest BCUT2D eigenvalue weighted by atomic mass is 79.9. The molecule has 1 fully saturated rings. The van der Waals surface area contributed by atoms with Crippen LogP contribution in [-0.2, 0) is 0 Å². The van der Waals surface area contributed by atoms with Crippen LogP contribution >= 0.6 is 12.9 Å². The van der Waals surface area contributed by atoms with Crippen LogP contribution in [-0.4, -0.2) is 27.0 Å². The minimum absolute atomic E-state index is 0.166. The molecule has 62 valence electrons. The molecular formula is C8H17BrMgSi. The molecule has 0 aromatic heterocycles. The van der Waals surface area contributed by atoms with Gasteiger partial charge in [-0.3, -0.25) is 0 Å². The summed E-state index contributed by atoms with van der Waals surface area (Å²) in [6, 6.07) is 4.95. The fraction of sp³-hybridized carbons (Fsp3) is 1.00. The van der Waals surface area contributed by atoms with Crippen molar-refractivity contribution in [2.24, 2.45) is 0 Å². The molecule has 1 aliphatic rings. The van der Waals surface area contributed by atoms with Crippen LogP contribution in [0.2, 0.25) is 22.2 Å². The Kier molecular flexibility index (Phi) is 5.75. The van der Waals surface area contributed by atoms with E-state index >= 15 is 0 Å². The molecular weight excluding hydrogens is 228 g/mol. The average Bonchev–Trinajstić information content (AvgIpc) is 2.07. The maximum Gasteiger partial charge on any atom is 0.471 e. The highest BCUT2D eigenvalue weighted by Gasteiger charge is 2.21. The Labute approximate surface area is 87.7 Å². The maximum atomic E-state index is 3.72. The Hall–Kier alpha value is 1.46. The largest absolute Gasteiger partial charge is 0.471 e. The van der Waals surface area contributed by atoms with E-state index in [4.69, 9.17) is 0 Å². The molecule has 1 heterocycles. The van der Waals surface area contributed by atoms with E-state index < -0.39 is 0 Å². The van der Waals surface area contributed by atoms with E-state index in [1.807, 2.05) is 0 Å². The van der Waals surface area contributed by atoms with E-state index in [-0.39, 0.29) is 27.0 Å². The second kappa shape index (κ2) is 6.00. The molecule has 0 saturated carbocycles. The zero-order valence-corrected chi connectivity index (χ0v) is 11.6. The zero-order chi connectivity index (χ0) is 8.10. The van der Waals surface area contributed by atoms with Gasteiger partial charge in [0, 0.05) is 8.80 Å². The second-order valence-corrected chi connectivity index (χ2v) is 10.7. The summed E-state index contributed by atoms with van der Waals surface area (Å²) >= 11 is 3.89. The summed E-state index contributed by atoms with van der Waals surface area (Å²) in [6.07, 6.45) is 4.63. The van der Waals surface area contributed by atoms with Gasteiger partial charge in [-0.15, -0.1) is 4.05 Å². The lowest BCUT2D eigenvalue weighted by atomic mass is 10.2. The van der Waals surface area contributed by atoms with Gasteiger partial charge in [-0.25, -0.2) is 0 Å². The Morgan fingerprint density at radius 2 is 2.09 bits per heavy atom. The third-order valence-corrected chi connectivity index (χ3v) is 10.6. The summed E-state index contributed by atoms with van der Waals surface area (Å²) in [5.41, 5.74) is 0. The number of halogens is 1. The monoisotopic (exact) mass is 244 g/mol. The quantitative estimate of drug-likeness (QED) is 0.670. The van der Waals surface area contributed by atoms with Crippen molar-refractivity contribution in [1.82, 2.24) is 0 Å². The van der Waals surface area contributed by atoms with Crippen LogP contribution in [0.25, 0.3) is 0 Å². The van der Waals surface area contributed by atoms with Crippen molar-refractivity contribution in [3.05, 3.63) is 0 Å². The normalized spacial score (nSPS) is 31.5. The molecule has 0 nitrogen and oxygen atoms in total. The van der Waals surface area contributed by atoms with Crippen molar-refractivity contribution in [2.45, 2.75) is 48.4 Å². The smallest absolute Gasteiger partial charge is 0.306 e. The molecule has 0 bridgehead atoms. The zero-order valence-electron chi connectivity index (χ0n) is 7.48. The number of hydrogen-bond acceptors (Lipinski definition) is 0. The van der Waals surface area contributed by atoms with Crippen LogP contribution in [0.3, 0.4) is 0 Å². The van der Waals surface area contributed by atoms with Gasteiger partial charge in [0.2, 0.25) is 0 Å². The van der Waals surface area contributed by atoms with Crippen LogP contribution < -0.4 is 0 Å². The predicted octanol–water partition coefficient (Wildman–Crippen LogP) is 3.22. The van der Waals surface area contributed by atoms with Crippen molar-refractivity contribution in [3.8, 4) is 0 Å². The van der Waals surface area contributed by atoms with Crippen LogP contribution in [0.5, 0.6) is 0 Å². The fourth-order valence-electron chi connectivity index (χ4n) is 2.08. The van der Waals surface area contributed by atoms with Gasteiger partial charge in [0.25, 0.3) is 0 Å². The molecule has 0 aromatic rings. The lowest BCUT2D eigenvalue weighted by Crippen LogP contribution is -2.19. The molecule has 0 radical (unpaired) electrons. The Balaban J connectivity index is 2.14. The molecule has 0 spiro atoms. The van der Waals surface area contributed by atoms with Crippen molar-refractivity contribution in [2.75, 3.05) is 0 Å². The van der Waals surface area contributed by atoms with Crippen LogP contribution in [0, 0.1) is 0 Å². The summed E-state index contributed by atoms with van der Waals surface area (Å²) in [6.45, 7) is 2.35. The van der Waals surface area contributed by atoms with Gasteiger partial charge in [0.15, 0.2) is 0 Å². The summed E-state index contributed by atoms with van der Waals surface area (Å²) in [5, 5.41) is 0. The molecule has 0 unspecified atom stereocenters. The van der Waals surface area contributed by atoms with Gasteiger partial charge in [-0.2, -0.15) is 0 Å². The minimum Gasteiger partial charge on any atom is -0.306 e. The molecule has 1 rings (SSSR count). The predicted molar refractivity (Wildman–Crippen MR) is 59.5 cm³/mol. The van der Waals surface area contributed by atoms with E-state index in [0.717, 1.165) is 4.05 Å². The maximum absolute atomic E-state index is 3.72. The van der Waals surface area contributed by atoms with E-state index in [2.05, 4.69) is 19.8 Å². The van der Waals surface area contributed by atoms with Crippen molar-refractivity contribution < 1.29 is 0 Å². The van der Waals surface area contributed by atoms with E-state index in [1.165, 1.54) is 6.42 Å². The first-order valence-corrected chi connectivity index (χ1v) is 12.1. The molecule has 0 aromatic carbocycles. The van der Waals surface area contributed by atoms with Gasteiger partial charge >= 0.3 is 18.2 Å². The minimum atomic E-state index is -0.177. The number of rotatable bonds is 3. The van der Waals surface area contributed by atoms with Gasteiger partial charge < -0.3 is 12.9 Å².